The molecule has 4 nitrogen and oxygen atoms in total. The molecule has 0 saturated carbocycles. The Morgan fingerprint density at radius 3 is 2.45 bits per heavy atom. The summed E-state index contributed by atoms with van der Waals surface area (Å²) in [5, 5.41) is 0. The minimum atomic E-state index is 0.669. The summed E-state index contributed by atoms with van der Waals surface area (Å²) in [7, 11) is 0. The summed E-state index contributed by atoms with van der Waals surface area (Å²) in [6.07, 6.45) is 3.65. The van der Waals surface area contributed by atoms with Crippen molar-refractivity contribution in [2.24, 2.45) is 0 Å². The normalized spacial score (nSPS) is 10.7. The number of nitrogen functional groups attached to an aromatic ring is 1. The number of hydrogen-bond acceptors (Lipinski definition) is 4. The maximum Gasteiger partial charge on any atom is 0.119 e. The summed E-state index contributed by atoms with van der Waals surface area (Å²) in [6.45, 7) is 5.63. The van der Waals surface area contributed by atoms with Crippen LogP contribution in [0, 0.1) is 0 Å². The van der Waals surface area contributed by atoms with Crippen molar-refractivity contribution in [1.82, 2.24) is 9.88 Å². The van der Waals surface area contributed by atoms with E-state index in [1.54, 1.807) is 0 Å². The zero-order valence-electron chi connectivity index (χ0n) is 11.8. The van der Waals surface area contributed by atoms with Gasteiger partial charge in [-0.25, -0.2) is 0 Å². The van der Waals surface area contributed by atoms with Crippen LogP contribution in [-0.4, -0.2) is 29.6 Å². The van der Waals surface area contributed by atoms with Crippen molar-refractivity contribution in [2.45, 2.75) is 13.5 Å². The summed E-state index contributed by atoms with van der Waals surface area (Å²) in [5.41, 5.74) is 7.67. The summed E-state index contributed by atoms with van der Waals surface area (Å²) >= 11 is 0. The summed E-state index contributed by atoms with van der Waals surface area (Å²) in [5.74, 6) is 0.860. The molecule has 106 valence electrons. The molecule has 1 heterocycles. The Labute approximate surface area is 120 Å². The standard InChI is InChI=1S/C16H21N3O/c1-2-19(13-14-7-9-18-10-8-14)11-12-20-16-5-3-15(17)4-6-16/h3-10H,2,11-13,17H2,1H3. The monoisotopic (exact) mass is 271 g/mol. The number of rotatable bonds is 7. The van der Waals surface area contributed by atoms with Gasteiger partial charge in [-0.15, -0.1) is 0 Å². The first-order chi connectivity index (χ1) is 9.78. The Hall–Kier alpha value is -2.07. The average molecular weight is 271 g/mol. The van der Waals surface area contributed by atoms with Crippen molar-refractivity contribution in [1.29, 1.82) is 0 Å². The Kier molecular flexibility index (Phi) is 5.38. The van der Waals surface area contributed by atoms with E-state index in [1.165, 1.54) is 5.56 Å². The molecule has 0 bridgehead atoms. The van der Waals surface area contributed by atoms with Gasteiger partial charge in [0, 0.05) is 31.2 Å². The van der Waals surface area contributed by atoms with Crippen molar-refractivity contribution in [2.75, 3.05) is 25.4 Å². The van der Waals surface area contributed by atoms with E-state index in [1.807, 2.05) is 48.8 Å². The molecular weight excluding hydrogens is 250 g/mol. The quantitative estimate of drug-likeness (QED) is 0.786. The van der Waals surface area contributed by atoms with Crippen LogP contribution in [0.5, 0.6) is 5.75 Å². The second-order valence-electron chi connectivity index (χ2n) is 4.64. The van der Waals surface area contributed by atoms with E-state index in [9.17, 15) is 0 Å². The number of nitrogens with zero attached hydrogens (tertiary/aromatic N) is 2. The van der Waals surface area contributed by atoms with E-state index in [0.29, 0.717) is 6.61 Å². The van der Waals surface area contributed by atoms with Crippen LogP contribution < -0.4 is 10.5 Å². The lowest BCUT2D eigenvalue weighted by Crippen LogP contribution is -2.27. The molecule has 0 aliphatic rings. The fourth-order valence-corrected chi connectivity index (χ4v) is 1.95. The molecule has 0 fully saturated rings. The fraction of sp³-hybridized carbons (Fsp3) is 0.312. The van der Waals surface area contributed by atoms with Gasteiger partial charge in [-0.1, -0.05) is 6.92 Å². The van der Waals surface area contributed by atoms with E-state index >= 15 is 0 Å². The highest BCUT2D eigenvalue weighted by Gasteiger charge is 2.04. The first kappa shape index (κ1) is 14.3. The van der Waals surface area contributed by atoms with Crippen LogP contribution in [0.2, 0.25) is 0 Å². The van der Waals surface area contributed by atoms with Gasteiger partial charge in [-0.05, 0) is 48.5 Å². The van der Waals surface area contributed by atoms with Gasteiger partial charge in [0.1, 0.15) is 12.4 Å². The van der Waals surface area contributed by atoms with E-state index in [4.69, 9.17) is 10.5 Å². The molecular formula is C16H21N3O. The molecule has 0 spiro atoms. The van der Waals surface area contributed by atoms with Crippen molar-refractivity contribution < 1.29 is 4.74 Å². The number of aromatic nitrogens is 1. The number of anilines is 1. The molecule has 1 aromatic carbocycles. The van der Waals surface area contributed by atoms with Gasteiger partial charge in [-0.3, -0.25) is 9.88 Å². The molecule has 0 unspecified atom stereocenters. The van der Waals surface area contributed by atoms with Crippen LogP contribution >= 0.6 is 0 Å². The number of hydrogen-bond donors (Lipinski definition) is 1. The summed E-state index contributed by atoms with van der Waals surface area (Å²) < 4.78 is 5.72. The molecule has 0 saturated heterocycles. The Bertz CT molecular complexity index is 499. The highest BCUT2D eigenvalue weighted by Crippen LogP contribution is 2.13. The summed E-state index contributed by atoms with van der Waals surface area (Å²) in [6, 6.07) is 11.6. The molecule has 0 amide bonds. The molecule has 20 heavy (non-hydrogen) atoms. The first-order valence-electron chi connectivity index (χ1n) is 6.87. The van der Waals surface area contributed by atoms with E-state index in [0.717, 1.165) is 31.1 Å². The lowest BCUT2D eigenvalue weighted by atomic mass is 10.2. The van der Waals surface area contributed by atoms with E-state index in [2.05, 4.69) is 16.8 Å². The van der Waals surface area contributed by atoms with Crippen LogP contribution in [0.25, 0.3) is 0 Å². The minimum Gasteiger partial charge on any atom is -0.492 e. The maximum atomic E-state index is 5.72. The number of benzene rings is 1. The smallest absolute Gasteiger partial charge is 0.119 e. The Balaban J connectivity index is 1.78. The summed E-state index contributed by atoms with van der Waals surface area (Å²) in [4.78, 5) is 6.37. The third kappa shape index (κ3) is 4.55. The molecule has 2 N–H and O–H groups in total. The van der Waals surface area contributed by atoms with Gasteiger partial charge in [0.05, 0.1) is 0 Å². The Morgan fingerprint density at radius 1 is 1.10 bits per heavy atom. The molecule has 4 heteroatoms. The molecule has 0 aliphatic carbocycles. The number of likely N-dealkylation sites (N-methyl/N-ethyl adjacent to an activating group) is 1. The molecule has 2 aromatic rings. The first-order valence-corrected chi connectivity index (χ1v) is 6.87. The molecule has 0 radical (unpaired) electrons. The fourth-order valence-electron chi connectivity index (χ4n) is 1.95. The van der Waals surface area contributed by atoms with Gasteiger partial charge < -0.3 is 10.5 Å². The maximum absolute atomic E-state index is 5.72. The number of ether oxygens (including phenoxy) is 1. The van der Waals surface area contributed by atoms with Crippen LogP contribution in [0.3, 0.4) is 0 Å². The van der Waals surface area contributed by atoms with Gasteiger partial charge >= 0.3 is 0 Å². The van der Waals surface area contributed by atoms with Crippen LogP contribution in [0.1, 0.15) is 12.5 Å². The number of pyridine rings is 1. The molecule has 0 atom stereocenters. The highest BCUT2D eigenvalue weighted by atomic mass is 16.5. The largest absolute Gasteiger partial charge is 0.492 e. The third-order valence-corrected chi connectivity index (χ3v) is 3.16. The zero-order chi connectivity index (χ0) is 14.2. The molecule has 1 aromatic heterocycles. The zero-order valence-corrected chi connectivity index (χ0v) is 11.8. The minimum absolute atomic E-state index is 0.669. The topological polar surface area (TPSA) is 51.4 Å². The second-order valence-corrected chi connectivity index (χ2v) is 4.64. The molecule has 0 aliphatic heterocycles. The third-order valence-electron chi connectivity index (χ3n) is 3.16. The van der Waals surface area contributed by atoms with Crippen molar-refractivity contribution in [3.8, 4) is 5.75 Å². The number of nitrogens with two attached hydrogens (primary N) is 1. The van der Waals surface area contributed by atoms with E-state index < -0.39 is 0 Å². The molecule has 2 rings (SSSR count). The predicted molar refractivity (Wildman–Crippen MR) is 81.5 cm³/mol. The average Bonchev–Trinajstić information content (AvgIpc) is 2.49. The van der Waals surface area contributed by atoms with Gasteiger partial charge in [0.2, 0.25) is 0 Å². The van der Waals surface area contributed by atoms with Crippen LogP contribution in [0.4, 0.5) is 5.69 Å². The van der Waals surface area contributed by atoms with Crippen LogP contribution in [-0.2, 0) is 6.54 Å². The second kappa shape index (κ2) is 7.50. The Morgan fingerprint density at radius 2 is 1.80 bits per heavy atom. The highest BCUT2D eigenvalue weighted by molar-refractivity contribution is 5.41. The van der Waals surface area contributed by atoms with Gasteiger partial charge in [0.25, 0.3) is 0 Å². The van der Waals surface area contributed by atoms with Crippen molar-refractivity contribution >= 4 is 5.69 Å². The van der Waals surface area contributed by atoms with E-state index in [-0.39, 0.29) is 0 Å². The lowest BCUT2D eigenvalue weighted by molar-refractivity contribution is 0.210. The van der Waals surface area contributed by atoms with Gasteiger partial charge in [-0.2, -0.15) is 0 Å². The lowest BCUT2D eigenvalue weighted by Gasteiger charge is -2.20. The van der Waals surface area contributed by atoms with Gasteiger partial charge in [0.15, 0.2) is 0 Å². The van der Waals surface area contributed by atoms with Crippen molar-refractivity contribution in [3.05, 3.63) is 54.4 Å². The van der Waals surface area contributed by atoms with Crippen LogP contribution in [0.15, 0.2) is 48.8 Å². The predicted octanol–water partition coefficient (Wildman–Crippen LogP) is 2.56. The van der Waals surface area contributed by atoms with Crippen molar-refractivity contribution in [3.63, 3.8) is 0 Å². The SMILES string of the molecule is CCN(CCOc1ccc(N)cc1)Cc1ccncc1.